The summed E-state index contributed by atoms with van der Waals surface area (Å²) in [7, 11) is -2.84. The Balaban J connectivity index is 1.77. The van der Waals surface area contributed by atoms with Crippen LogP contribution in [0.25, 0.3) is 0 Å². The standard InChI is InChI=1S/C28H37NO5Si/c1-27(2,3)34-26(32)24-18-20(25(31)29-24)17-21(30)19-33-35(28(4,5)6,22-13-9-7-10-14-22)23-15-11-8-12-16-23/h7-16,20,24H,17-19H2,1-6H3,(H,29,31)/t20-,24-/m0/s1. The van der Waals surface area contributed by atoms with Crippen molar-refractivity contribution >= 4 is 36.4 Å². The summed E-state index contributed by atoms with van der Waals surface area (Å²) in [5.74, 6) is -1.48. The molecule has 188 valence electrons. The summed E-state index contributed by atoms with van der Waals surface area (Å²) in [5.41, 5.74) is -0.640. The van der Waals surface area contributed by atoms with Crippen LogP contribution in [0, 0.1) is 5.92 Å². The Morgan fingerprint density at radius 2 is 1.43 bits per heavy atom. The molecule has 0 aliphatic carbocycles. The van der Waals surface area contributed by atoms with E-state index < -0.39 is 31.8 Å². The van der Waals surface area contributed by atoms with Crippen LogP contribution in [0.5, 0.6) is 0 Å². The van der Waals surface area contributed by atoms with Gasteiger partial charge in [0.25, 0.3) is 8.32 Å². The first-order chi connectivity index (χ1) is 16.3. The second-order valence-corrected chi connectivity index (χ2v) is 15.5. The molecular weight excluding hydrogens is 458 g/mol. The van der Waals surface area contributed by atoms with Gasteiger partial charge in [0, 0.05) is 12.3 Å². The van der Waals surface area contributed by atoms with Gasteiger partial charge in [-0.3, -0.25) is 9.59 Å². The predicted molar refractivity (Wildman–Crippen MR) is 139 cm³/mol. The maximum atomic E-state index is 13.1. The molecule has 1 aliphatic heterocycles. The summed E-state index contributed by atoms with van der Waals surface area (Å²) in [6.07, 6.45) is 0.280. The smallest absolute Gasteiger partial charge is 0.329 e. The third kappa shape index (κ3) is 6.27. The van der Waals surface area contributed by atoms with Crippen molar-refractivity contribution in [2.45, 2.75) is 71.1 Å². The van der Waals surface area contributed by atoms with Crippen LogP contribution < -0.4 is 15.7 Å². The number of benzene rings is 2. The highest BCUT2D eigenvalue weighted by Gasteiger charge is 2.50. The van der Waals surface area contributed by atoms with Gasteiger partial charge in [0.1, 0.15) is 11.6 Å². The topological polar surface area (TPSA) is 81.7 Å². The molecule has 3 rings (SSSR count). The minimum atomic E-state index is -2.84. The Labute approximate surface area is 209 Å². The normalized spacial score (nSPS) is 18.7. The van der Waals surface area contributed by atoms with E-state index in [9.17, 15) is 14.4 Å². The monoisotopic (exact) mass is 495 g/mol. The molecule has 0 bridgehead atoms. The van der Waals surface area contributed by atoms with Crippen LogP contribution in [-0.2, 0) is 23.5 Å². The first-order valence-corrected chi connectivity index (χ1v) is 14.0. The van der Waals surface area contributed by atoms with Crippen molar-refractivity contribution in [3.8, 4) is 0 Å². The summed E-state index contributed by atoms with van der Waals surface area (Å²) in [6, 6.07) is 19.5. The van der Waals surface area contributed by atoms with Crippen LogP contribution in [0.2, 0.25) is 5.04 Å². The summed E-state index contributed by atoms with van der Waals surface area (Å²) in [5, 5.41) is 4.62. The summed E-state index contributed by atoms with van der Waals surface area (Å²) >= 11 is 0. The van der Waals surface area contributed by atoms with Gasteiger partial charge in [0.2, 0.25) is 5.91 Å². The second kappa shape index (κ2) is 10.5. The van der Waals surface area contributed by atoms with E-state index in [0.29, 0.717) is 0 Å². The zero-order valence-corrected chi connectivity index (χ0v) is 22.6. The van der Waals surface area contributed by atoms with Gasteiger partial charge in [0.05, 0.1) is 6.61 Å². The maximum Gasteiger partial charge on any atom is 0.329 e. The van der Waals surface area contributed by atoms with Gasteiger partial charge in [0.15, 0.2) is 5.78 Å². The molecule has 2 atom stereocenters. The molecule has 0 aromatic heterocycles. The van der Waals surface area contributed by atoms with Crippen LogP contribution in [0.3, 0.4) is 0 Å². The van der Waals surface area contributed by atoms with Crippen LogP contribution in [0.1, 0.15) is 54.4 Å². The van der Waals surface area contributed by atoms with Crippen molar-refractivity contribution in [1.82, 2.24) is 5.32 Å². The Morgan fingerprint density at radius 1 is 0.914 bits per heavy atom. The molecule has 1 fully saturated rings. The number of nitrogens with one attached hydrogen (secondary N) is 1. The van der Waals surface area contributed by atoms with Gasteiger partial charge < -0.3 is 14.5 Å². The molecule has 0 radical (unpaired) electrons. The molecule has 1 aliphatic rings. The third-order valence-corrected chi connectivity index (χ3v) is 11.2. The Bertz CT molecular complexity index is 1000. The molecule has 1 amide bonds. The fraction of sp³-hybridized carbons (Fsp3) is 0.464. The fourth-order valence-electron chi connectivity index (χ4n) is 4.73. The molecule has 0 saturated carbocycles. The van der Waals surface area contributed by atoms with Gasteiger partial charge in [-0.15, -0.1) is 0 Å². The minimum absolute atomic E-state index is 0.0311. The number of carbonyl (C=O) groups is 3. The molecule has 0 unspecified atom stereocenters. The number of rotatable bonds is 8. The number of ether oxygens (including phenoxy) is 1. The summed E-state index contributed by atoms with van der Waals surface area (Å²) < 4.78 is 12.1. The molecule has 2 aromatic carbocycles. The molecule has 1 saturated heterocycles. The van der Waals surface area contributed by atoms with Crippen molar-refractivity contribution in [2.24, 2.45) is 5.92 Å². The van der Waals surface area contributed by atoms with Crippen LogP contribution in [-0.4, -0.2) is 44.2 Å². The van der Waals surface area contributed by atoms with E-state index in [4.69, 9.17) is 9.16 Å². The van der Waals surface area contributed by atoms with E-state index in [-0.39, 0.29) is 36.2 Å². The van der Waals surface area contributed by atoms with Crippen LogP contribution in [0.15, 0.2) is 60.7 Å². The highest BCUT2D eigenvalue weighted by molar-refractivity contribution is 6.99. The number of carbonyl (C=O) groups excluding carboxylic acids is 3. The number of Topliss-reactive ketones (excluding diaryl/α,β-unsaturated/α-hetero) is 1. The van der Waals surface area contributed by atoms with E-state index in [0.717, 1.165) is 10.4 Å². The Hall–Kier alpha value is -2.77. The van der Waals surface area contributed by atoms with Gasteiger partial charge in [-0.2, -0.15) is 0 Å². The average molecular weight is 496 g/mol. The van der Waals surface area contributed by atoms with Crippen molar-refractivity contribution in [3.63, 3.8) is 0 Å². The van der Waals surface area contributed by atoms with Gasteiger partial charge in [-0.25, -0.2) is 4.79 Å². The molecule has 0 spiro atoms. The molecule has 1 heterocycles. The largest absolute Gasteiger partial charge is 0.458 e. The molecule has 2 aromatic rings. The third-order valence-electron chi connectivity index (χ3n) is 6.24. The fourth-order valence-corrected chi connectivity index (χ4v) is 9.26. The molecule has 1 N–H and O–H groups in total. The van der Waals surface area contributed by atoms with E-state index >= 15 is 0 Å². The molecular formula is C28H37NO5Si. The lowest BCUT2D eigenvalue weighted by molar-refractivity contribution is -0.157. The van der Waals surface area contributed by atoms with Gasteiger partial charge >= 0.3 is 5.97 Å². The molecule has 6 nitrogen and oxygen atoms in total. The number of hydrogen-bond acceptors (Lipinski definition) is 5. The summed E-state index contributed by atoms with van der Waals surface area (Å²) in [4.78, 5) is 38.0. The lowest BCUT2D eigenvalue weighted by Crippen LogP contribution is -2.67. The lowest BCUT2D eigenvalue weighted by atomic mass is 9.99. The van der Waals surface area contributed by atoms with Crippen LogP contribution in [0.4, 0.5) is 0 Å². The van der Waals surface area contributed by atoms with Crippen molar-refractivity contribution in [3.05, 3.63) is 60.7 Å². The predicted octanol–water partition coefficient (Wildman–Crippen LogP) is 3.37. The molecule has 7 heteroatoms. The average Bonchev–Trinajstić information content (AvgIpc) is 3.14. The first kappa shape index (κ1) is 26.8. The quantitative estimate of drug-likeness (QED) is 0.449. The minimum Gasteiger partial charge on any atom is -0.458 e. The molecule has 35 heavy (non-hydrogen) atoms. The number of esters is 1. The maximum absolute atomic E-state index is 13.1. The second-order valence-electron chi connectivity index (χ2n) is 11.2. The van der Waals surface area contributed by atoms with Gasteiger partial charge in [-0.1, -0.05) is 81.4 Å². The van der Waals surface area contributed by atoms with E-state index in [1.54, 1.807) is 20.8 Å². The summed E-state index contributed by atoms with van der Waals surface area (Å²) in [6.45, 7) is 11.7. The zero-order chi connectivity index (χ0) is 25.9. The number of ketones is 1. The van der Waals surface area contributed by atoms with E-state index in [2.05, 4.69) is 50.4 Å². The van der Waals surface area contributed by atoms with Crippen LogP contribution >= 0.6 is 0 Å². The number of amides is 1. The van der Waals surface area contributed by atoms with Crippen molar-refractivity contribution in [2.75, 3.05) is 6.61 Å². The SMILES string of the molecule is CC(C)(C)OC(=O)[C@@H]1C[C@H](CC(=O)CO[Si](c2ccccc2)(c2ccccc2)C(C)(C)C)C(=O)N1. The zero-order valence-electron chi connectivity index (χ0n) is 21.6. The number of hydrogen-bond donors (Lipinski definition) is 1. The van der Waals surface area contributed by atoms with E-state index in [1.165, 1.54) is 0 Å². The first-order valence-electron chi connectivity index (χ1n) is 12.1. The van der Waals surface area contributed by atoms with Gasteiger partial charge in [-0.05, 0) is 42.6 Å². The van der Waals surface area contributed by atoms with Crippen molar-refractivity contribution < 1.29 is 23.5 Å². The lowest BCUT2D eigenvalue weighted by Gasteiger charge is -2.42. The highest BCUT2D eigenvalue weighted by Crippen LogP contribution is 2.36. The Morgan fingerprint density at radius 3 is 1.89 bits per heavy atom. The van der Waals surface area contributed by atoms with Crippen molar-refractivity contribution in [1.29, 1.82) is 0 Å². The highest BCUT2D eigenvalue weighted by atomic mass is 28.4. The van der Waals surface area contributed by atoms with E-state index in [1.807, 2.05) is 36.4 Å². The Kier molecular flexibility index (Phi) is 8.02.